The predicted molar refractivity (Wildman–Crippen MR) is 66.9 cm³/mol. The summed E-state index contributed by atoms with van der Waals surface area (Å²) in [6, 6.07) is 0. The molecule has 0 radical (unpaired) electrons. The third kappa shape index (κ3) is 8.26. The Balaban J connectivity index is 0. The van der Waals surface area contributed by atoms with E-state index in [2.05, 4.69) is 4.72 Å². The van der Waals surface area contributed by atoms with E-state index in [1.54, 1.807) is 13.8 Å². The topological polar surface area (TPSA) is 84.7 Å². The fraction of sp³-hybridized carbons (Fsp3) is 1.00. The Bertz CT molecular complexity index is 277. The van der Waals surface area contributed by atoms with Crippen LogP contribution in [0.25, 0.3) is 0 Å². The molecule has 0 spiro atoms. The van der Waals surface area contributed by atoms with E-state index in [0.717, 1.165) is 0 Å². The Kier molecular flexibility index (Phi) is 8.55. The number of methoxy groups -OCH3 is 1. The molecular weight excluding hydrogens is 254 g/mol. The van der Waals surface area contributed by atoms with Gasteiger partial charge in [-0.15, -0.1) is 12.4 Å². The van der Waals surface area contributed by atoms with Gasteiger partial charge in [-0.05, 0) is 13.8 Å². The van der Waals surface area contributed by atoms with Crippen molar-refractivity contribution in [3.63, 3.8) is 0 Å². The van der Waals surface area contributed by atoms with Crippen molar-refractivity contribution in [3.8, 4) is 0 Å². The van der Waals surface area contributed by atoms with Crippen LogP contribution in [-0.4, -0.2) is 52.1 Å². The molecule has 0 saturated heterocycles. The number of nitrogens with two attached hydrogens (primary N) is 1. The third-order valence-electron chi connectivity index (χ3n) is 1.73. The van der Waals surface area contributed by atoms with Gasteiger partial charge in [0.25, 0.3) is 10.2 Å². The van der Waals surface area contributed by atoms with Gasteiger partial charge in [0.05, 0.1) is 6.61 Å². The average Bonchev–Trinajstić information content (AvgIpc) is 2.10. The Morgan fingerprint density at radius 2 is 1.94 bits per heavy atom. The van der Waals surface area contributed by atoms with E-state index in [4.69, 9.17) is 10.5 Å². The van der Waals surface area contributed by atoms with Gasteiger partial charge in [0.1, 0.15) is 0 Å². The first-order valence-corrected chi connectivity index (χ1v) is 6.12. The van der Waals surface area contributed by atoms with Gasteiger partial charge in [-0.2, -0.15) is 12.7 Å². The average molecular weight is 276 g/mol. The summed E-state index contributed by atoms with van der Waals surface area (Å²) in [5, 5.41) is 0. The molecule has 0 rings (SSSR count). The van der Waals surface area contributed by atoms with E-state index in [0.29, 0.717) is 13.2 Å². The van der Waals surface area contributed by atoms with Crippen molar-refractivity contribution in [2.75, 3.05) is 33.9 Å². The fourth-order valence-electron chi connectivity index (χ4n) is 0.727. The molecule has 8 heteroatoms. The summed E-state index contributed by atoms with van der Waals surface area (Å²) in [7, 11) is -0.427. The van der Waals surface area contributed by atoms with Crippen molar-refractivity contribution in [1.29, 1.82) is 0 Å². The number of likely N-dealkylation sites (N-methyl/N-ethyl adjacent to an activating group) is 1. The molecule has 0 atom stereocenters. The lowest BCUT2D eigenvalue weighted by Gasteiger charge is -2.22. The van der Waals surface area contributed by atoms with Crippen LogP contribution < -0.4 is 10.5 Å². The molecule has 0 bridgehead atoms. The molecule has 0 aromatic heterocycles. The summed E-state index contributed by atoms with van der Waals surface area (Å²) < 4.78 is 31.6. The molecule has 3 N–H and O–H groups in total. The minimum atomic E-state index is -3.44. The van der Waals surface area contributed by atoms with Crippen LogP contribution in [0, 0.1) is 0 Å². The highest BCUT2D eigenvalue weighted by Crippen LogP contribution is 1.98. The molecule has 0 aliphatic carbocycles. The van der Waals surface area contributed by atoms with Gasteiger partial charge >= 0.3 is 0 Å². The molecule has 100 valence electrons. The smallest absolute Gasteiger partial charge is 0.279 e. The lowest BCUT2D eigenvalue weighted by molar-refractivity contribution is 0.184. The van der Waals surface area contributed by atoms with Crippen LogP contribution in [0.3, 0.4) is 0 Å². The maximum absolute atomic E-state index is 11.6. The van der Waals surface area contributed by atoms with Crippen LogP contribution in [0.5, 0.6) is 0 Å². The lowest BCUT2D eigenvalue weighted by Crippen LogP contribution is -2.49. The first-order valence-electron chi connectivity index (χ1n) is 4.68. The van der Waals surface area contributed by atoms with Gasteiger partial charge in [-0.1, -0.05) is 0 Å². The molecule has 0 aliphatic rings. The van der Waals surface area contributed by atoms with Crippen molar-refractivity contribution in [2.24, 2.45) is 5.73 Å². The van der Waals surface area contributed by atoms with Gasteiger partial charge in [-0.3, -0.25) is 0 Å². The number of nitrogens with one attached hydrogen (secondary N) is 1. The number of ether oxygens (including phenoxy) is 1. The highest BCUT2D eigenvalue weighted by Gasteiger charge is 2.20. The number of rotatable bonds is 7. The van der Waals surface area contributed by atoms with Gasteiger partial charge in [0, 0.05) is 32.8 Å². The zero-order valence-corrected chi connectivity index (χ0v) is 11.8. The zero-order valence-electron chi connectivity index (χ0n) is 10.2. The minimum absolute atomic E-state index is 0. The Morgan fingerprint density at radius 3 is 2.31 bits per heavy atom. The first kappa shape index (κ1) is 18.4. The SMILES string of the molecule is COCCN(C)S(=O)(=O)NCC(C)(C)N.Cl. The molecule has 16 heavy (non-hydrogen) atoms. The zero-order chi connectivity index (χ0) is 12.1. The Labute approximate surface area is 104 Å². The second-order valence-electron chi connectivity index (χ2n) is 4.13. The maximum Gasteiger partial charge on any atom is 0.279 e. The fourth-order valence-corrected chi connectivity index (χ4v) is 1.82. The summed E-state index contributed by atoms with van der Waals surface area (Å²) in [5.74, 6) is 0. The Hall–Kier alpha value is 0.0800. The molecular formula is C8H22ClN3O3S. The molecule has 0 aromatic carbocycles. The molecule has 6 nitrogen and oxygen atoms in total. The highest BCUT2D eigenvalue weighted by molar-refractivity contribution is 7.87. The summed E-state index contributed by atoms with van der Waals surface area (Å²) in [6.45, 7) is 4.39. The molecule has 0 heterocycles. The lowest BCUT2D eigenvalue weighted by atomic mass is 10.1. The number of nitrogens with zero attached hydrogens (tertiary/aromatic N) is 1. The van der Waals surface area contributed by atoms with Crippen LogP contribution in [0.2, 0.25) is 0 Å². The van der Waals surface area contributed by atoms with E-state index in [9.17, 15) is 8.42 Å². The van der Waals surface area contributed by atoms with E-state index in [1.165, 1.54) is 18.5 Å². The third-order valence-corrected chi connectivity index (χ3v) is 3.24. The summed E-state index contributed by atoms with van der Waals surface area (Å²) in [4.78, 5) is 0. The largest absolute Gasteiger partial charge is 0.383 e. The van der Waals surface area contributed by atoms with Crippen LogP contribution >= 0.6 is 12.4 Å². The molecule has 0 amide bonds. The predicted octanol–water partition coefficient (Wildman–Crippen LogP) is -0.442. The quantitative estimate of drug-likeness (QED) is 0.660. The monoisotopic (exact) mass is 275 g/mol. The van der Waals surface area contributed by atoms with Crippen molar-refractivity contribution < 1.29 is 13.2 Å². The minimum Gasteiger partial charge on any atom is -0.383 e. The first-order chi connectivity index (χ1) is 6.69. The summed E-state index contributed by atoms with van der Waals surface area (Å²) in [6.07, 6.45) is 0. The van der Waals surface area contributed by atoms with E-state index in [-0.39, 0.29) is 19.0 Å². The standard InChI is InChI=1S/C8H21N3O3S.ClH/c1-8(2,9)7-10-15(12,13)11(3)5-6-14-4;/h10H,5-7,9H2,1-4H3;1H. The number of hydrogen-bond donors (Lipinski definition) is 2. The van der Waals surface area contributed by atoms with Gasteiger partial charge < -0.3 is 10.5 Å². The second kappa shape index (κ2) is 7.41. The Morgan fingerprint density at radius 1 is 1.44 bits per heavy atom. The number of hydrogen-bond acceptors (Lipinski definition) is 4. The van der Waals surface area contributed by atoms with Crippen molar-refractivity contribution in [3.05, 3.63) is 0 Å². The van der Waals surface area contributed by atoms with Crippen LogP contribution in [0.1, 0.15) is 13.8 Å². The number of halogens is 1. The van der Waals surface area contributed by atoms with Crippen LogP contribution in [0.4, 0.5) is 0 Å². The summed E-state index contributed by atoms with van der Waals surface area (Å²) >= 11 is 0. The second-order valence-corrected chi connectivity index (χ2v) is 5.99. The normalized spacial score (nSPS) is 12.6. The van der Waals surface area contributed by atoms with Crippen LogP contribution in [-0.2, 0) is 14.9 Å². The van der Waals surface area contributed by atoms with Gasteiger partial charge in [0.2, 0.25) is 0 Å². The van der Waals surface area contributed by atoms with Crippen molar-refractivity contribution in [1.82, 2.24) is 9.03 Å². The highest BCUT2D eigenvalue weighted by atomic mass is 35.5. The summed E-state index contributed by atoms with van der Waals surface area (Å²) in [5.41, 5.74) is 5.11. The molecule has 0 saturated carbocycles. The molecule has 0 unspecified atom stereocenters. The van der Waals surface area contributed by atoms with E-state index < -0.39 is 15.7 Å². The van der Waals surface area contributed by atoms with Crippen molar-refractivity contribution in [2.45, 2.75) is 19.4 Å². The van der Waals surface area contributed by atoms with Crippen molar-refractivity contribution >= 4 is 22.6 Å². The maximum atomic E-state index is 11.6. The van der Waals surface area contributed by atoms with Crippen LogP contribution in [0.15, 0.2) is 0 Å². The van der Waals surface area contributed by atoms with E-state index in [1.807, 2.05) is 0 Å². The van der Waals surface area contributed by atoms with E-state index >= 15 is 0 Å². The molecule has 0 fully saturated rings. The van der Waals surface area contributed by atoms with Gasteiger partial charge in [-0.25, -0.2) is 4.72 Å². The molecule has 0 aromatic rings. The molecule has 0 aliphatic heterocycles. The van der Waals surface area contributed by atoms with Gasteiger partial charge in [0.15, 0.2) is 0 Å².